The van der Waals surface area contributed by atoms with Crippen molar-refractivity contribution in [3.8, 4) is 0 Å². The molecule has 98 valence electrons. The minimum atomic E-state index is -0.906. The van der Waals surface area contributed by atoms with Gasteiger partial charge in [0, 0.05) is 26.7 Å². The molecule has 1 atom stereocenters. The van der Waals surface area contributed by atoms with E-state index in [1.165, 1.54) is 4.90 Å². The summed E-state index contributed by atoms with van der Waals surface area (Å²) in [7, 11) is 5.59. The molecule has 1 aliphatic heterocycles. The smallest absolute Gasteiger partial charge is 0.326 e. The van der Waals surface area contributed by atoms with Crippen LogP contribution in [0.5, 0.6) is 0 Å². The molecule has 0 aliphatic carbocycles. The van der Waals surface area contributed by atoms with E-state index in [0.29, 0.717) is 19.5 Å². The fraction of sp³-hybridized carbons (Fsp3) is 0.818. The zero-order valence-electron chi connectivity index (χ0n) is 10.7. The second kappa shape index (κ2) is 5.86. The number of carboxylic acid groups (broad SMARTS) is 1. The fourth-order valence-corrected chi connectivity index (χ4v) is 1.92. The molecule has 0 radical (unpaired) electrons. The summed E-state index contributed by atoms with van der Waals surface area (Å²) in [6.07, 6.45) is 1.33. The van der Waals surface area contributed by atoms with Gasteiger partial charge in [0.2, 0.25) is 0 Å². The van der Waals surface area contributed by atoms with Crippen molar-refractivity contribution in [2.45, 2.75) is 18.9 Å². The number of carbonyl (C=O) groups excluding carboxylic acids is 1. The van der Waals surface area contributed by atoms with E-state index in [0.717, 1.165) is 13.0 Å². The molecule has 0 saturated carbocycles. The number of hydrogen-bond donors (Lipinski definition) is 1. The summed E-state index contributed by atoms with van der Waals surface area (Å²) in [5.74, 6) is -0.906. The van der Waals surface area contributed by atoms with Crippen LogP contribution in [0.25, 0.3) is 0 Å². The largest absolute Gasteiger partial charge is 0.480 e. The maximum Gasteiger partial charge on any atom is 0.326 e. The molecule has 2 amide bonds. The molecule has 17 heavy (non-hydrogen) atoms. The highest BCUT2D eigenvalue weighted by atomic mass is 16.4. The van der Waals surface area contributed by atoms with Crippen molar-refractivity contribution in [1.29, 1.82) is 0 Å². The molecule has 1 aliphatic rings. The van der Waals surface area contributed by atoms with Gasteiger partial charge in [0.15, 0.2) is 0 Å². The summed E-state index contributed by atoms with van der Waals surface area (Å²) >= 11 is 0. The number of nitrogens with zero attached hydrogens (tertiary/aromatic N) is 3. The fourth-order valence-electron chi connectivity index (χ4n) is 1.92. The second-order valence-corrected chi connectivity index (χ2v) is 4.70. The Morgan fingerprint density at radius 1 is 1.29 bits per heavy atom. The lowest BCUT2D eigenvalue weighted by molar-refractivity contribution is -0.141. The molecular formula is C11H21N3O3. The molecule has 0 aromatic carbocycles. The van der Waals surface area contributed by atoms with Crippen LogP contribution in [-0.2, 0) is 4.79 Å². The van der Waals surface area contributed by atoms with Gasteiger partial charge in [-0.25, -0.2) is 9.59 Å². The maximum absolute atomic E-state index is 12.0. The first-order valence-electron chi connectivity index (χ1n) is 5.82. The third kappa shape index (κ3) is 3.59. The van der Waals surface area contributed by atoms with Crippen molar-refractivity contribution in [2.75, 3.05) is 40.8 Å². The van der Waals surface area contributed by atoms with Crippen molar-refractivity contribution >= 4 is 12.0 Å². The van der Waals surface area contributed by atoms with Crippen LogP contribution < -0.4 is 0 Å². The van der Waals surface area contributed by atoms with Crippen molar-refractivity contribution in [3.63, 3.8) is 0 Å². The van der Waals surface area contributed by atoms with Crippen LogP contribution in [0.3, 0.4) is 0 Å². The summed E-state index contributed by atoms with van der Waals surface area (Å²) in [5, 5.41) is 9.01. The molecule has 1 heterocycles. The van der Waals surface area contributed by atoms with Crippen molar-refractivity contribution < 1.29 is 14.7 Å². The number of likely N-dealkylation sites (tertiary alicyclic amines) is 1. The van der Waals surface area contributed by atoms with Gasteiger partial charge in [-0.3, -0.25) is 0 Å². The predicted molar refractivity (Wildman–Crippen MR) is 63.9 cm³/mol. The van der Waals surface area contributed by atoms with Crippen LogP contribution in [-0.4, -0.2) is 78.6 Å². The van der Waals surface area contributed by atoms with Crippen LogP contribution in [0, 0.1) is 0 Å². The van der Waals surface area contributed by atoms with Crippen LogP contribution >= 0.6 is 0 Å². The number of hydrogen-bond acceptors (Lipinski definition) is 3. The molecule has 0 unspecified atom stereocenters. The average Bonchev–Trinajstić information content (AvgIpc) is 2.73. The summed E-state index contributed by atoms with van der Waals surface area (Å²) in [6.45, 7) is 1.92. The normalized spacial score (nSPS) is 19.8. The van der Waals surface area contributed by atoms with E-state index in [9.17, 15) is 9.59 Å². The Morgan fingerprint density at radius 3 is 2.47 bits per heavy atom. The molecule has 0 bridgehead atoms. The van der Waals surface area contributed by atoms with Gasteiger partial charge < -0.3 is 19.8 Å². The number of carboxylic acids is 1. The minimum Gasteiger partial charge on any atom is -0.480 e. The van der Waals surface area contributed by atoms with Crippen LogP contribution in [0.2, 0.25) is 0 Å². The molecule has 0 aromatic rings. The number of carbonyl (C=O) groups is 2. The van der Waals surface area contributed by atoms with E-state index in [1.807, 2.05) is 19.0 Å². The first kappa shape index (κ1) is 13.8. The van der Waals surface area contributed by atoms with E-state index in [-0.39, 0.29) is 6.03 Å². The summed E-state index contributed by atoms with van der Waals surface area (Å²) in [5.41, 5.74) is 0. The van der Waals surface area contributed by atoms with Gasteiger partial charge >= 0.3 is 12.0 Å². The van der Waals surface area contributed by atoms with Gasteiger partial charge in [0.1, 0.15) is 6.04 Å². The molecule has 0 spiro atoms. The summed E-state index contributed by atoms with van der Waals surface area (Å²) in [4.78, 5) is 28.1. The monoisotopic (exact) mass is 243 g/mol. The van der Waals surface area contributed by atoms with Crippen LogP contribution in [0.15, 0.2) is 0 Å². The van der Waals surface area contributed by atoms with Gasteiger partial charge in [-0.1, -0.05) is 0 Å². The van der Waals surface area contributed by atoms with Gasteiger partial charge in [-0.05, 0) is 26.9 Å². The Balaban J connectivity index is 2.53. The summed E-state index contributed by atoms with van der Waals surface area (Å²) < 4.78 is 0. The van der Waals surface area contributed by atoms with Crippen LogP contribution in [0.4, 0.5) is 4.79 Å². The third-order valence-electron chi connectivity index (χ3n) is 2.99. The second-order valence-electron chi connectivity index (χ2n) is 4.70. The van der Waals surface area contributed by atoms with E-state index < -0.39 is 12.0 Å². The van der Waals surface area contributed by atoms with E-state index >= 15 is 0 Å². The highest BCUT2D eigenvalue weighted by Crippen LogP contribution is 2.18. The number of urea groups is 1. The number of likely N-dealkylation sites (N-methyl/N-ethyl adjacent to an activating group) is 2. The molecule has 1 saturated heterocycles. The molecule has 6 heteroatoms. The highest BCUT2D eigenvalue weighted by Gasteiger charge is 2.35. The Morgan fingerprint density at radius 2 is 1.94 bits per heavy atom. The first-order chi connectivity index (χ1) is 7.93. The third-order valence-corrected chi connectivity index (χ3v) is 2.99. The number of rotatable bonds is 4. The minimum absolute atomic E-state index is 0.184. The average molecular weight is 243 g/mol. The standard InChI is InChI=1S/C11H21N3O3/c1-12(2)7-8-13(3)11(17)14-6-4-5-9(14)10(15)16/h9H,4-8H2,1-3H3,(H,15,16)/t9-/m1/s1. The predicted octanol–water partition coefficient (Wildman–Crippen LogP) is 0.149. The number of amides is 2. The van der Waals surface area contributed by atoms with Crippen LogP contribution in [0.1, 0.15) is 12.8 Å². The summed E-state index contributed by atoms with van der Waals surface area (Å²) in [6, 6.07) is -0.832. The van der Waals surface area contributed by atoms with Crippen molar-refractivity contribution in [1.82, 2.24) is 14.7 Å². The molecule has 1 rings (SSSR count). The zero-order valence-corrected chi connectivity index (χ0v) is 10.7. The lowest BCUT2D eigenvalue weighted by Crippen LogP contribution is -2.48. The topological polar surface area (TPSA) is 64.1 Å². The van der Waals surface area contributed by atoms with Gasteiger partial charge in [0.05, 0.1) is 0 Å². The molecule has 6 nitrogen and oxygen atoms in total. The molecule has 1 fully saturated rings. The zero-order chi connectivity index (χ0) is 13.0. The van der Waals surface area contributed by atoms with Crippen molar-refractivity contribution in [3.05, 3.63) is 0 Å². The SMILES string of the molecule is CN(C)CCN(C)C(=O)N1CCC[C@@H]1C(=O)O. The Bertz CT molecular complexity index is 294. The molecular weight excluding hydrogens is 222 g/mol. The Hall–Kier alpha value is -1.30. The Kier molecular flexibility index (Phi) is 4.74. The van der Waals surface area contributed by atoms with Gasteiger partial charge in [0.25, 0.3) is 0 Å². The lowest BCUT2D eigenvalue weighted by Gasteiger charge is -2.28. The highest BCUT2D eigenvalue weighted by molar-refractivity contribution is 5.83. The molecule has 0 aromatic heterocycles. The van der Waals surface area contributed by atoms with Crippen molar-refractivity contribution in [2.24, 2.45) is 0 Å². The van der Waals surface area contributed by atoms with E-state index in [1.54, 1.807) is 11.9 Å². The van der Waals surface area contributed by atoms with Gasteiger partial charge in [-0.2, -0.15) is 0 Å². The number of aliphatic carboxylic acids is 1. The van der Waals surface area contributed by atoms with E-state index in [4.69, 9.17) is 5.11 Å². The first-order valence-corrected chi connectivity index (χ1v) is 5.82. The van der Waals surface area contributed by atoms with E-state index in [2.05, 4.69) is 0 Å². The maximum atomic E-state index is 12.0. The lowest BCUT2D eigenvalue weighted by atomic mass is 10.2. The quantitative estimate of drug-likeness (QED) is 0.763. The Labute approximate surface area is 102 Å². The van der Waals surface area contributed by atoms with Gasteiger partial charge in [-0.15, -0.1) is 0 Å². The molecule has 1 N–H and O–H groups in total.